The van der Waals surface area contributed by atoms with Gasteiger partial charge < -0.3 is 25.8 Å². The second-order valence-corrected chi connectivity index (χ2v) is 14.5. The molecule has 13 heteroatoms. The molecule has 3 rings (SSSR count). The number of aliphatic hydroxyl groups excluding tert-OH is 1. The smallest absolute Gasteiger partial charge is 0.408 e. The maximum atomic E-state index is 14.1. The zero-order chi connectivity index (χ0) is 35.8. The standard InChI is InChI=1S/C36H48F2N4O6S/c1-4-9-31(10-5-2)49(46,47)24-33(42-36(45)48-23-27-13-8-14-39-21-27)35(44)41-32(18-28-16-29(37)19-30(38)17-28)34(43)22-40-20-26-12-7-11-25(6-3)15-26/h7-8,11-17,19,21,31-34,40,43H,4-6,9-10,18,20,22-24H2,1-3H3,(H,41,44)(H,42,45)/t32-,33?,34+/m0/s1. The third kappa shape index (κ3) is 13.5. The number of rotatable bonds is 20. The van der Waals surface area contributed by atoms with Gasteiger partial charge in [0.15, 0.2) is 9.84 Å². The topological polar surface area (TPSA) is 147 Å². The number of alkyl carbamates (subject to hydrolysis) is 1. The van der Waals surface area contributed by atoms with E-state index in [1.165, 1.54) is 6.20 Å². The summed E-state index contributed by atoms with van der Waals surface area (Å²) in [5.74, 6) is -3.27. The predicted octanol–water partition coefficient (Wildman–Crippen LogP) is 4.78. The number of aromatic nitrogens is 1. The van der Waals surface area contributed by atoms with Gasteiger partial charge in [-0.15, -0.1) is 0 Å². The van der Waals surface area contributed by atoms with Gasteiger partial charge in [-0.3, -0.25) is 9.78 Å². The van der Waals surface area contributed by atoms with E-state index in [4.69, 9.17) is 4.74 Å². The normalized spacial score (nSPS) is 13.4. The molecule has 1 heterocycles. The van der Waals surface area contributed by atoms with Gasteiger partial charge in [-0.25, -0.2) is 22.0 Å². The fraction of sp³-hybridized carbons (Fsp3) is 0.472. The maximum absolute atomic E-state index is 14.1. The van der Waals surface area contributed by atoms with Gasteiger partial charge in [0.1, 0.15) is 24.3 Å². The number of pyridine rings is 1. The Morgan fingerprint density at radius 3 is 2.20 bits per heavy atom. The molecule has 268 valence electrons. The molecule has 0 bridgehead atoms. The van der Waals surface area contributed by atoms with Crippen LogP contribution in [0.3, 0.4) is 0 Å². The van der Waals surface area contributed by atoms with E-state index in [1.54, 1.807) is 18.3 Å². The van der Waals surface area contributed by atoms with E-state index in [0.717, 1.165) is 29.7 Å². The average Bonchev–Trinajstić information content (AvgIpc) is 3.06. The van der Waals surface area contributed by atoms with Gasteiger partial charge in [-0.05, 0) is 60.6 Å². The van der Waals surface area contributed by atoms with E-state index in [9.17, 15) is 31.9 Å². The molecule has 2 aromatic carbocycles. The van der Waals surface area contributed by atoms with Crippen molar-refractivity contribution in [2.45, 2.75) is 95.9 Å². The number of carbonyl (C=O) groups is 2. The minimum absolute atomic E-state index is 0.0162. The molecule has 0 aliphatic rings. The van der Waals surface area contributed by atoms with Gasteiger partial charge in [0.05, 0.1) is 23.1 Å². The summed E-state index contributed by atoms with van der Waals surface area (Å²) in [7, 11) is -3.90. The number of ether oxygens (including phenoxy) is 1. The van der Waals surface area contributed by atoms with Gasteiger partial charge in [0, 0.05) is 37.1 Å². The number of aliphatic hydroxyl groups is 1. The summed E-state index contributed by atoms with van der Waals surface area (Å²) in [5.41, 5.74) is 2.87. The molecular formula is C36H48F2N4O6S. The van der Waals surface area contributed by atoms with Crippen LogP contribution in [0.25, 0.3) is 0 Å². The molecular weight excluding hydrogens is 654 g/mol. The van der Waals surface area contributed by atoms with Crippen molar-refractivity contribution in [2.75, 3.05) is 12.3 Å². The number of halogens is 2. The average molecular weight is 703 g/mol. The Kier molecular flexibility index (Phi) is 16.0. The minimum atomic E-state index is -3.90. The highest BCUT2D eigenvalue weighted by molar-refractivity contribution is 7.92. The molecule has 49 heavy (non-hydrogen) atoms. The second-order valence-electron chi connectivity index (χ2n) is 12.1. The second kappa shape index (κ2) is 19.9. The molecule has 0 saturated heterocycles. The van der Waals surface area contributed by atoms with Crippen molar-refractivity contribution in [3.05, 3.63) is 101 Å². The Hall–Kier alpha value is -3.94. The molecule has 10 nitrogen and oxygen atoms in total. The molecule has 3 atom stereocenters. The zero-order valence-corrected chi connectivity index (χ0v) is 29.1. The van der Waals surface area contributed by atoms with Crippen molar-refractivity contribution in [1.29, 1.82) is 0 Å². The number of benzene rings is 2. The van der Waals surface area contributed by atoms with Crippen LogP contribution < -0.4 is 16.0 Å². The highest BCUT2D eigenvalue weighted by Crippen LogP contribution is 2.18. The Labute approximate surface area is 288 Å². The van der Waals surface area contributed by atoms with E-state index in [-0.39, 0.29) is 25.1 Å². The summed E-state index contributed by atoms with van der Waals surface area (Å²) in [6.45, 7) is 5.99. The molecule has 0 aliphatic carbocycles. The lowest BCUT2D eigenvalue weighted by Crippen LogP contribution is -2.57. The van der Waals surface area contributed by atoms with Crippen molar-refractivity contribution >= 4 is 21.8 Å². The molecule has 0 spiro atoms. The van der Waals surface area contributed by atoms with Crippen LogP contribution >= 0.6 is 0 Å². The van der Waals surface area contributed by atoms with E-state index in [0.29, 0.717) is 43.9 Å². The van der Waals surface area contributed by atoms with Gasteiger partial charge in [-0.2, -0.15) is 0 Å². The van der Waals surface area contributed by atoms with Crippen molar-refractivity contribution in [3.63, 3.8) is 0 Å². The molecule has 0 fully saturated rings. The molecule has 1 unspecified atom stereocenters. The lowest BCUT2D eigenvalue weighted by molar-refractivity contribution is -0.124. The van der Waals surface area contributed by atoms with Crippen molar-refractivity contribution in [1.82, 2.24) is 20.9 Å². The van der Waals surface area contributed by atoms with Gasteiger partial charge in [0.25, 0.3) is 0 Å². The summed E-state index contributed by atoms with van der Waals surface area (Å²) < 4.78 is 60.6. The van der Waals surface area contributed by atoms with Gasteiger partial charge in [0.2, 0.25) is 5.91 Å². The number of hydrogen-bond acceptors (Lipinski definition) is 8. The first kappa shape index (κ1) is 39.5. The lowest BCUT2D eigenvalue weighted by atomic mass is 10.00. The highest BCUT2D eigenvalue weighted by Gasteiger charge is 2.34. The molecule has 4 N–H and O–H groups in total. The summed E-state index contributed by atoms with van der Waals surface area (Å²) in [4.78, 5) is 30.7. The number of aryl methyl sites for hydroxylation is 1. The van der Waals surface area contributed by atoms with E-state index in [2.05, 4.69) is 20.9 Å². The number of sulfone groups is 1. The van der Waals surface area contributed by atoms with E-state index < -0.39 is 62.7 Å². The van der Waals surface area contributed by atoms with Crippen LogP contribution in [0.1, 0.15) is 68.7 Å². The largest absolute Gasteiger partial charge is 0.445 e. The van der Waals surface area contributed by atoms with E-state index >= 15 is 0 Å². The van der Waals surface area contributed by atoms with Crippen LogP contribution in [0.15, 0.2) is 67.0 Å². The summed E-state index contributed by atoms with van der Waals surface area (Å²) in [5, 5.41) is 18.7. The zero-order valence-electron chi connectivity index (χ0n) is 28.3. The SMILES string of the molecule is CCCC(CCC)S(=O)(=O)CC(NC(=O)OCc1cccnc1)C(=O)N[C@@H](Cc1cc(F)cc(F)c1)[C@H](O)CNCc1cccc(CC)c1. The van der Waals surface area contributed by atoms with Crippen molar-refractivity contribution < 1.29 is 36.6 Å². The highest BCUT2D eigenvalue weighted by atomic mass is 32.2. The number of carbonyl (C=O) groups excluding carboxylic acids is 2. The molecule has 0 saturated carbocycles. The lowest BCUT2D eigenvalue weighted by Gasteiger charge is -2.28. The quantitative estimate of drug-likeness (QED) is 0.132. The third-order valence-electron chi connectivity index (χ3n) is 8.08. The summed E-state index contributed by atoms with van der Waals surface area (Å²) >= 11 is 0. The number of hydrogen-bond donors (Lipinski definition) is 4. The Morgan fingerprint density at radius 2 is 1.57 bits per heavy atom. The third-order valence-corrected chi connectivity index (χ3v) is 10.4. The minimum Gasteiger partial charge on any atom is -0.445 e. The number of nitrogens with one attached hydrogen (secondary N) is 3. The first-order valence-electron chi connectivity index (χ1n) is 16.7. The molecule has 0 aliphatic heterocycles. The van der Waals surface area contributed by atoms with Crippen molar-refractivity contribution in [3.8, 4) is 0 Å². The molecule has 1 aromatic heterocycles. The number of amides is 2. The van der Waals surface area contributed by atoms with Crippen molar-refractivity contribution in [2.24, 2.45) is 0 Å². The Bertz CT molecular complexity index is 1570. The summed E-state index contributed by atoms with van der Waals surface area (Å²) in [6.07, 6.45) is 3.41. The monoisotopic (exact) mass is 702 g/mol. The van der Waals surface area contributed by atoms with Crippen LogP contribution in [0.2, 0.25) is 0 Å². The fourth-order valence-corrected chi connectivity index (χ4v) is 7.69. The number of nitrogens with zero attached hydrogens (tertiary/aromatic N) is 1. The predicted molar refractivity (Wildman–Crippen MR) is 184 cm³/mol. The molecule has 3 aromatic rings. The van der Waals surface area contributed by atoms with Crippen LogP contribution in [0, 0.1) is 11.6 Å². The van der Waals surface area contributed by atoms with Crippen LogP contribution in [0.4, 0.5) is 13.6 Å². The first-order chi connectivity index (χ1) is 23.4. The van der Waals surface area contributed by atoms with Gasteiger partial charge in [-0.1, -0.05) is 63.9 Å². The van der Waals surface area contributed by atoms with E-state index in [1.807, 2.05) is 45.0 Å². The molecule has 0 radical (unpaired) electrons. The van der Waals surface area contributed by atoms with Crippen LogP contribution in [-0.2, 0) is 45.4 Å². The molecule has 2 amide bonds. The van der Waals surface area contributed by atoms with Gasteiger partial charge >= 0.3 is 6.09 Å². The first-order valence-corrected chi connectivity index (χ1v) is 18.4. The Morgan fingerprint density at radius 1 is 0.898 bits per heavy atom. The summed E-state index contributed by atoms with van der Waals surface area (Å²) in [6, 6.07) is 11.4. The Balaban J connectivity index is 1.84. The maximum Gasteiger partial charge on any atom is 0.408 e. The van der Waals surface area contributed by atoms with Crippen LogP contribution in [0.5, 0.6) is 0 Å². The fourth-order valence-electron chi connectivity index (χ4n) is 5.53. The van der Waals surface area contributed by atoms with Crippen LogP contribution in [-0.4, -0.2) is 66.2 Å².